The van der Waals surface area contributed by atoms with Crippen LogP contribution in [0.1, 0.15) is 22.3 Å². The Morgan fingerprint density at radius 3 is 2.55 bits per heavy atom. The van der Waals surface area contributed by atoms with Crippen molar-refractivity contribution in [2.75, 3.05) is 18.4 Å². The van der Waals surface area contributed by atoms with E-state index < -0.39 is 0 Å². The van der Waals surface area contributed by atoms with Gasteiger partial charge in [-0.15, -0.1) is 0 Å². The second kappa shape index (κ2) is 8.73. The molecular formula is C23H29N5O. The number of amides is 1. The summed E-state index contributed by atoms with van der Waals surface area (Å²) in [6.07, 6.45) is 1.65. The first-order valence-electron chi connectivity index (χ1n) is 9.73. The zero-order valence-electron chi connectivity index (χ0n) is 17.3. The Labute approximate surface area is 172 Å². The summed E-state index contributed by atoms with van der Waals surface area (Å²) in [6, 6.07) is 14.0. The standard InChI is InChI=1S/C23H29N5O/c1-15-5-8-19(9-6-15)27-23(29)20(24)13-21-22(25)26-10-11-28(21)14-18-12-16(2)4-7-17(18)3/h4-9,12-13,26H,10-11,14,24-25H2,1-3H3,(H,27,29)/b20-13-. The smallest absolute Gasteiger partial charge is 0.271 e. The minimum Gasteiger partial charge on any atom is -0.394 e. The van der Waals surface area contributed by atoms with Crippen molar-refractivity contribution in [1.29, 1.82) is 0 Å². The molecular weight excluding hydrogens is 362 g/mol. The highest BCUT2D eigenvalue weighted by molar-refractivity contribution is 6.03. The molecule has 0 saturated heterocycles. The molecule has 0 bridgehead atoms. The van der Waals surface area contributed by atoms with E-state index >= 15 is 0 Å². The van der Waals surface area contributed by atoms with Gasteiger partial charge in [0, 0.05) is 25.3 Å². The Kier molecular flexibility index (Phi) is 6.12. The van der Waals surface area contributed by atoms with Gasteiger partial charge in [-0.2, -0.15) is 0 Å². The Bertz CT molecular complexity index is 960. The van der Waals surface area contributed by atoms with Crippen LogP contribution in [0, 0.1) is 20.8 Å². The van der Waals surface area contributed by atoms with Crippen molar-refractivity contribution >= 4 is 11.6 Å². The summed E-state index contributed by atoms with van der Waals surface area (Å²) in [5.41, 5.74) is 18.6. The molecule has 0 aromatic heterocycles. The predicted molar refractivity (Wildman–Crippen MR) is 118 cm³/mol. The number of carbonyl (C=O) groups excluding carboxylic acids is 1. The second-order valence-electron chi connectivity index (χ2n) is 7.50. The van der Waals surface area contributed by atoms with Gasteiger partial charge in [-0.25, -0.2) is 0 Å². The molecule has 1 amide bonds. The number of hydrogen-bond acceptors (Lipinski definition) is 5. The van der Waals surface area contributed by atoms with Crippen molar-refractivity contribution < 1.29 is 4.79 Å². The number of carbonyl (C=O) groups is 1. The highest BCUT2D eigenvalue weighted by Gasteiger charge is 2.19. The van der Waals surface area contributed by atoms with Crippen molar-refractivity contribution in [1.82, 2.24) is 10.2 Å². The van der Waals surface area contributed by atoms with Crippen molar-refractivity contribution in [3.63, 3.8) is 0 Å². The Morgan fingerprint density at radius 1 is 1.14 bits per heavy atom. The number of anilines is 1. The fraction of sp³-hybridized carbons (Fsp3) is 0.261. The molecule has 1 heterocycles. The molecule has 6 heteroatoms. The molecule has 1 aliphatic heterocycles. The van der Waals surface area contributed by atoms with Crippen LogP contribution in [0.4, 0.5) is 5.69 Å². The van der Waals surface area contributed by atoms with Crippen LogP contribution in [0.25, 0.3) is 0 Å². The van der Waals surface area contributed by atoms with Gasteiger partial charge in [-0.05, 0) is 50.1 Å². The molecule has 1 aliphatic rings. The summed E-state index contributed by atoms with van der Waals surface area (Å²) in [5, 5.41) is 5.98. The van der Waals surface area contributed by atoms with E-state index in [9.17, 15) is 4.79 Å². The molecule has 0 fully saturated rings. The molecule has 2 aromatic carbocycles. The average molecular weight is 392 g/mol. The van der Waals surface area contributed by atoms with Crippen LogP contribution in [0.15, 0.2) is 65.8 Å². The van der Waals surface area contributed by atoms with Gasteiger partial charge < -0.3 is 27.0 Å². The molecule has 0 radical (unpaired) electrons. The van der Waals surface area contributed by atoms with Crippen molar-refractivity contribution in [2.45, 2.75) is 27.3 Å². The van der Waals surface area contributed by atoms with Crippen molar-refractivity contribution in [3.8, 4) is 0 Å². The van der Waals surface area contributed by atoms with Crippen LogP contribution in [0.5, 0.6) is 0 Å². The maximum Gasteiger partial charge on any atom is 0.271 e. The van der Waals surface area contributed by atoms with Gasteiger partial charge >= 0.3 is 0 Å². The van der Waals surface area contributed by atoms with Crippen LogP contribution in [0.3, 0.4) is 0 Å². The van der Waals surface area contributed by atoms with E-state index in [0.717, 1.165) is 24.4 Å². The molecule has 0 atom stereocenters. The minimum atomic E-state index is -0.355. The van der Waals surface area contributed by atoms with E-state index in [4.69, 9.17) is 11.5 Å². The first-order valence-corrected chi connectivity index (χ1v) is 9.73. The number of benzene rings is 2. The van der Waals surface area contributed by atoms with Gasteiger partial charge in [0.15, 0.2) is 0 Å². The highest BCUT2D eigenvalue weighted by Crippen LogP contribution is 2.20. The molecule has 29 heavy (non-hydrogen) atoms. The summed E-state index contributed by atoms with van der Waals surface area (Å²) in [7, 11) is 0. The number of nitrogens with two attached hydrogens (primary N) is 2. The molecule has 0 spiro atoms. The molecule has 152 valence electrons. The molecule has 0 aliphatic carbocycles. The summed E-state index contributed by atoms with van der Waals surface area (Å²) in [5.74, 6) is 0.166. The van der Waals surface area contributed by atoms with Crippen LogP contribution in [-0.2, 0) is 11.3 Å². The first kappa shape index (κ1) is 20.3. The van der Waals surface area contributed by atoms with Crippen LogP contribution < -0.4 is 22.1 Å². The summed E-state index contributed by atoms with van der Waals surface area (Å²) >= 11 is 0. The van der Waals surface area contributed by atoms with Crippen LogP contribution >= 0.6 is 0 Å². The van der Waals surface area contributed by atoms with Crippen LogP contribution in [-0.4, -0.2) is 23.9 Å². The SMILES string of the molecule is Cc1ccc(NC(=O)/C(N)=C/C2=C(N)NCCN2Cc2cc(C)ccc2C)cc1. The monoisotopic (exact) mass is 391 g/mol. The van der Waals surface area contributed by atoms with E-state index in [1.54, 1.807) is 6.08 Å². The number of allylic oxidation sites excluding steroid dienone is 1. The third-order valence-electron chi connectivity index (χ3n) is 5.04. The lowest BCUT2D eigenvalue weighted by Crippen LogP contribution is -2.41. The molecule has 0 saturated carbocycles. The quantitative estimate of drug-likeness (QED) is 0.588. The van der Waals surface area contributed by atoms with Gasteiger partial charge in [-0.1, -0.05) is 41.5 Å². The average Bonchev–Trinajstić information content (AvgIpc) is 2.69. The first-order chi connectivity index (χ1) is 13.8. The van der Waals surface area contributed by atoms with Crippen molar-refractivity contribution in [3.05, 3.63) is 88.0 Å². The highest BCUT2D eigenvalue weighted by atomic mass is 16.2. The largest absolute Gasteiger partial charge is 0.394 e. The molecule has 2 aromatic rings. The Morgan fingerprint density at radius 2 is 1.83 bits per heavy atom. The van der Waals surface area contributed by atoms with E-state index in [1.165, 1.54) is 16.7 Å². The lowest BCUT2D eigenvalue weighted by molar-refractivity contribution is -0.112. The number of rotatable bonds is 5. The van der Waals surface area contributed by atoms with E-state index in [1.807, 2.05) is 31.2 Å². The molecule has 3 rings (SSSR count). The maximum atomic E-state index is 12.5. The normalized spacial score (nSPS) is 14.6. The van der Waals surface area contributed by atoms with Crippen LogP contribution in [0.2, 0.25) is 0 Å². The summed E-state index contributed by atoms with van der Waals surface area (Å²) < 4.78 is 0. The summed E-state index contributed by atoms with van der Waals surface area (Å²) in [4.78, 5) is 14.7. The Hall–Kier alpha value is -3.41. The van der Waals surface area contributed by atoms with Gasteiger partial charge in [0.1, 0.15) is 5.82 Å². The fourth-order valence-electron chi connectivity index (χ4n) is 3.27. The maximum absolute atomic E-state index is 12.5. The second-order valence-corrected chi connectivity index (χ2v) is 7.50. The third-order valence-corrected chi connectivity index (χ3v) is 5.04. The van der Waals surface area contributed by atoms with E-state index in [0.29, 0.717) is 18.1 Å². The topological polar surface area (TPSA) is 96.4 Å². The lowest BCUT2D eigenvalue weighted by atomic mass is 10.0. The number of hydrogen-bond donors (Lipinski definition) is 4. The summed E-state index contributed by atoms with van der Waals surface area (Å²) in [6.45, 7) is 8.39. The third kappa shape index (κ3) is 5.10. The lowest BCUT2D eigenvalue weighted by Gasteiger charge is -2.32. The molecule has 6 N–H and O–H groups in total. The number of nitrogens with one attached hydrogen (secondary N) is 2. The van der Waals surface area contributed by atoms with Crippen molar-refractivity contribution in [2.24, 2.45) is 11.5 Å². The zero-order valence-corrected chi connectivity index (χ0v) is 17.3. The number of nitrogens with zero attached hydrogens (tertiary/aromatic N) is 1. The number of aryl methyl sites for hydroxylation is 3. The molecule has 0 unspecified atom stereocenters. The van der Waals surface area contributed by atoms with Gasteiger partial charge in [-0.3, -0.25) is 4.79 Å². The van der Waals surface area contributed by atoms with Gasteiger partial charge in [0.05, 0.1) is 11.4 Å². The van der Waals surface area contributed by atoms with Gasteiger partial charge in [0.25, 0.3) is 5.91 Å². The van der Waals surface area contributed by atoms with E-state index in [-0.39, 0.29) is 11.6 Å². The minimum absolute atomic E-state index is 0.109. The van der Waals surface area contributed by atoms with E-state index in [2.05, 4.69) is 47.6 Å². The van der Waals surface area contributed by atoms with Gasteiger partial charge in [0.2, 0.25) is 0 Å². The fourth-order valence-corrected chi connectivity index (χ4v) is 3.27. The molecule has 6 nitrogen and oxygen atoms in total. The predicted octanol–water partition coefficient (Wildman–Crippen LogP) is 2.63. The Balaban J connectivity index is 1.80. The zero-order chi connectivity index (χ0) is 21.0.